The van der Waals surface area contributed by atoms with Gasteiger partial charge in [0.05, 0.1) is 18.4 Å². The number of aryl methyl sites for hydroxylation is 2. The second-order valence-electron chi connectivity index (χ2n) is 10.1. The molecule has 0 atom stereocenters. The maximum absolute atomic E-state index is 12.3. The summed E-state index contributed by atoms with van der Waals surface area (Å²) in [6, 6.07) is 17.4. The first kappa shape index (κ1) is 29.3. The normalized spacial score (nSPS) is 11.0. The Labute approximate surface area is 239 Å². The molecule has 9 nitrogen and oxygen atoms in total. The molecule has 0 spiro atoms. The van der Waals surface area contributed by atoms with E-state index in [2.05, 4.69) is 4.98 Å². The van der Waals surface area contributed by atoms with Gasteiger partial charge in [0, 0.05) is 50.0 Å². The Morgan fingerprint density at radius 3 is 2.51 bits per heavy atom. The van der Waals surface area contributed by atoms with Crippen LogP contribution in [0.15, 0.2) is 71.4 Å². The summed E-state index contributed by atoms with van der Waals surface area (Å²) in [5.74, 6) is 1.01. The minimum atomic E-state index is -0.880. The molecule has 9 heteroatoms. The molecular weight excluding hydrogens is 522 g/mol. The number of carbonyl (C=O) groups excluding carboxylic acids is 1. The summed E-state index contributed by atoms with van der Waals surface area (Å²) in [4.78, 5) is 33.9. The quantitative estimate of drug-likeness (QED) is 0.215. The van der Waals surface area contributed by atoms with Crippen molar-refractivity contribution in [2.45, 2.75) is 52.7 Å². The highest BCUT2D eigenvalue weighted by Gasteiger charge is 2.16. The highest BCUT2D eigenvalue weighted by molar-refractivity contribution is 5.69. The van der Waals surface area contributed by atoms with Gasteiger partial charge >= 0.3 is 12.1 Å². The Hall–Kier alpha value is -4.66. The van der Waals surface area contributed by atoms with Gasteiger partial charge in [0.2, 0.25) is 5.89 Å². The molecular formula is C32H35N3O6. The van der Waals surface area contributed by atoms with E-state index in [1.807, 2.05) is 67.7 Å². The summed E-state index contributed by atoms with van der Waals surface area (Å²) in [7, 11) is 1.65. The van der Waals surface area contributed by atoms with Crippen molar-refractivity contribution in [1.82, 2.24) is 14.9 Å². The molecule has 214 valence electrons. The van der Waals surface area contributed by atoms with Gasteiger partial charge < -0.3 is 23.9 Å². The minimum absolute atomic E-state index is 0.00767. The second kappa shape index (κ2) is 13.6. The Kier molecular flexibility index (Phi) is 9.73. The lowest BCUT2D eigenvalue weighted by molar-refractivity contribution is -0.136. The van der Waals surface area contributed by atoms with Gasteiger partial charge in [-0.05, 0) is 74.2 Å². The van der Waals surface area contributed by atoms with Gasteiger partial charge in [-0.25, -0.2) is 9.78 Å². The molecule has 0 unspecified atom stereocenters. The minimum Gasteiger partial charge on any atom is -0.493 e. The van der Waals surface area contributed by atoms with E-state index in [9.17, 15) is 9.59 Å². The molecule has 0 saturated carbocycles. The fourth-order valence-corrected chi connectivity index (χ4v) is 4.35. The van der Waals surface area contributed by atoms with Gasteiger partial charge in [-0.2, -0.15) is 0 Å². The lowest BCUT2D eigenvalue weighted by Gasteiger charge is -2.21. The van der Waals surface area contributed by atoms with E-state index in [4.69, 9.17) is 24.0 Å². The number of carboxylic acids is 1. The maximum atomic E-state index is 12.3. The van der Waals surface area contributed by atoms with Crippen LogP contribution in [0.4, 0.5) is 4.79 Å². The summed E-state index contributed by atoms with van der Waals surface area (Å²) in [5, 5.41) is 9.15. The molecule has 4 aromatic rings. The number of aromatic nitrogens is 2. The first-order chi connectivity index (χ1) is 19.7. The monoisotopic (exact) mass is 557 g/mol. The molecule has 0 fully saturated rings. The summed E-state index contributed by atoms with van der Waals surface area (Å²) in [6.45, 7) is 6.09. The van der Waals surface area contributed by atoms with Crippen LogP contribution in [0.1, 0.15) is 42.8 Å². The number of carbonyl (C=O) groups is 2. The number of oxazole rings is 1. The SMILES string of the molecule is Cc1oc(-c2cccc(-c3cccnc3)c2)nc1CCOc1ccc(CCC(=O)O)c(CN(C)C(=O)OC(C)C)c1. The van der Waals surface area contributed by atoms with Crippen molar-refractivity contribution >= 4 is 12.1 Å². The Morgan fingerprint density at radius 2 is 1.78 bits per heavy atom. The molecule has 1 N–H and O–H groups in total. The molecule has 0 aliphatic heterocycles. The highest BCUT2D eigenvalue weighted by Crippen LogP contribution is 2.27. The number of benzene rings is 2. The van der Waals surface area contributed by atoms with Crippen LogP contribution in [-0.4, -0.2) is 51.8 Å². The summed E-state index contributed by atoms with van der Waals surface area (Å²) in [5.41, 5.74) is 5.38. The first-order valence-electron chi connectivity index (χ1n) is 13.5. The fraction of sp³-hybridized carbons (Fsp3) is 0.312. The van der Waals surface area contributed by atoms with Crippen LogP contribution in [0.25, 0.3) is 22.6 Å². The fourth-order valence-electron chi connectivity index (χ4n) is 4.35. The molecule has 0 aliphatic rings. The van der Waals surface area contributed by atoms with Crippen LogP contribution >= 0.6 is 0 Å². The van der Waals surface area contributed by atoms with Crippen LogP contribution in [0.3, 0.4) is 0 Å². The smallest absolute Gasteiger partial charge is 0.410 e. The van der Waals surface area contributed by atoms with Crippen molar-refractivity contribution in [3.8, 4) is 28.3 Å². The Balaban J connectivity index is 1.43. The summed E-state index contributed by atoms with van der Waals surface area (Å²) >= 11 is 0. The van der Waals surface area contributed by atoms with Crippen molar-refractivity contribution in [2.24, 2.45) is 0 Å². The Morgan fingerprint density at radius 1 is 1.00 bits per heavy atom. The molecule has 0 radical (unpaired) electrons. The van der Waals surface area contributed by atoms with Crippen LogP contribution in [0.2, 0.25) is 0 Å². The zero-order valence-corrected chi connectivity index (χ0v) is 23.8. The van der Waals surface area contributed by atoms with Crippen LogP contribution in [0.5, 0.6) is 5.75 Å². The largest absolute Gasteiger partial charge is 0.493 e. The van der Waals surface area contributed by atoms with Gasteiger partial charge in [-0.1, -0.05) is 24.3 Å². The molecule has 0 aliphatic carbocycles. The number of amides is 1. The summed E-state index contributed by atoms with van der Waals surface area (Å²) in [6.07, 6.45) is 3.76. The number of carboxylic acid groups (broad SMARTS) is 1. The van der Waals surface area contributed by atoms with Crippen LogP contribution in [0, 0.1) is 6.92 Å². The van der Waals surface area contributed by atoms with Crippen molar-refractivity contribution < 1.29 is 28.6 Å². The molecule has 2 aromatic carbocycles. The number of aliphatic carboxylic acids is 1. The van der Waals surface area contributed by atoms with E-state index in [1.54, 1.807) is 27.1 Å². The van der Waals surface area contributed by atoms with E-state index in [0.717, 1.165) is 39.3 Å². The standard InChI is InChI=1S/C32H35N3O6/c1-21(2)40-32(38)35(4)20-27-18-28(12-10-23(27)11-13-30(36)37)39-16-14-29-22(3)41-31(34-29)25-8-5-7-24(17-25)26-9-6-15-33-19-26/h5-10,12,15,17-19,21H,11,13-14,16,20H2,1-4H3,(H,36,37). The number of rotatable bonds is 12. The molecule has 0 bridgehead atoms. The molecule has 1 amide bonds. The average Bonchev–Trinajstić information content (AvgIpc) is 3.33. The molecule has 4 rings (SSSR count). The molecule has 41 heavy (non-hydrogen) atoms. The predicted octanol–water partition coefficient (Wildman–Crippen LogP) is 6.33. The van der Waals surface area contributed by atoms with Crippen molar-refractivity contribution in [1.29, 1.82) is 0 Å². The number of hydrogen-bond acceptors (Lipinski definition) is 7. The number of nitrogens with zero attached hydrogens (tertiary/aromatic N) is 3. The van der Waals surface area contributed by atoms with Crippen molar-refractivity contribution in [3.05, 3.63) is 89.6 Å². The van der Waals surface area contributed by atoms with E-state index in [0.29, 0.717) is 31.1 Å². The lowest BCUT2D eigenvalue weighted by atomic mass is 10.0. The van der Waals surface area contributed by atoms with Gasteiger partial charge in [0.1, 0.15) is 11.5 Å². The van der Waals surface area contributed by atoms with E-state index < -0.39 is 12.1 Å². The Bertz CT molecular complexity index is 1480. The lowest BCUT2D eigenvalue weighted by Crippen LogP contribution is -2.29. The van der Waals surface area contributed by atoms with Crippen LogP contribution in [-0.2, 0) is 28.9 Å². The van der Waals surface area contributed by atoms with E-state index >= 15 is 0 Å². The van der Waals surface area contributed by atoms with Gasteiger partial charge in [-0.3, -0.25) is 9.78 Å². The average molecular weight is 558 g/mol. The molecule has 2 heterocycles. The molecule has 0 saturated heterocycles. The maximum Gasteiger partial charge on any atom is 0.410 e. The van der Waals surface area contributed by atoms with Crippen molar-refractivity contribution in [3.63, 3.8) is 0 Å². The molecule has 2 aromatic heterocycles. The zero-order chi connectivity index (χ0) is 29.4. The number of pyridine rings is 1. The second-order valence-corrected chi connectivity index (χ2v) is 10.1. The van der Waals surface area contributed by atoms with E-state index in [1.165, 1.54) is 4.90 Å². The van der Waals surface area contributed by atoms with Crippen molar-refractivity contribution in [2.75, 3.05) is 13.7 Å². The topological polar surface area (TPSA) is 115 Å². The predicted molar refractivity (Wildman–Crippen MR) is 155 cm³/mol. The van der Waals surface area contributed by atoms with E-state index in [-0.39, 0.29) is 19.1 Å². The summed E-state index contributed by atoms with van der Waals surface area (Å²) < 4.78 is 17.3. The number of ether oxygens (including phenoxy) is 2. The first-order valence-corrected chi connectivity index (χ1v) is 13.5. The van der Waals surface area contributed by atoms with Gasteiger partial charge in [-0.15, -0.1) is 0 Å². The van der Waals surface area contributed by atoms with Gasteiger partial charge in [0.15, 0.2) is 0 Å². The third-order valence-corrected chi connectivity index (χ3v) is 6.45. The van der Waals surface area contributed by atoms with Crippen LogP contribution < -0.4 is 4.74 Å². The third kappa shape index (κ3) is 8.17. The highest BCUT2D eigenvalue weighted by atomic mass is 16.6. The number of hydrogen-bond donors (Lipinski definition) is 1. The third-order valence-electron chi connectivity index (χ3n) is 6.45. The van der Waals surface area contributed by atoms with Gasteiger partial charge in [0.25, 0.3) is 0 Å². The zero-order valence-electron chi connectivity index (χ0n) is 23.8.